The predicted octanol–water partition coefficient (Wildman–Crippen LogP) is 4.04. The summed E-state index contributed by atoms with van der Waals surface area (Å²) in [6.45, 7) is 3.99. The molecule has 24 heavy (non-hydrogen) atoms. The van der Waals surface area contributed by atoms with Crippen molar-refractivity contribution < 1.29 is 4.79 Å². The molecule has 4 nitrogen and oxygen atoms in total. The number of H-pyrrole nitrogens is 1. The third kappa shape index (κ3) is 3.23. The van der Waals surface area contributed by atoms with E-state index in [0.29, 0.717) is 11.3 Å². The maximum absolute atomic E-state index is 12.4. The lowest BCUT2D eigenvalue weighted by Gasteiger charge is -2.10. The molecule has 3 aromatic rings. The summed E-state index contributed by atoms with van der Waals surface area (Å²) in [4.78, 5) is 27.1. The molecular weight excluding hydrogens is 300 g/mol. The number of carbonyl (C=O) groups excluding carboxylic acids is 1. The van der Waals surface area contributed by atoms with E-state index in [4.69, 9.17) is 0 Å². The van der Waals surface area contributed by atoms with Gasteiger partial charge in [0.2, 0.25) is 5.56 Å². The standard InChI is InChI=1S/C20H20N2O2/c1-3-6-14-11-19(23)22-18-12-15(9-10-17(14)18)21-20(24)16-8-5-4-7-13(16)2/h4-5,7-12H,3,6H2,1-2H3,(H,21,24)(H,22,23). The van der Waals surface area contributed by atoms with Gasteiger partial charge in [0.25, 0.3) is 5.91 Å². The molecule has 0 aliphatic rings. The third-order valence-electron chi connectivity index (χ3n) is 4.10. The fourth-order valence-electron chi connectivity index (χ4n) is 2.91. The molecule has 1 heterocycles. The van der Waals surface area contributed by atoms with E-state index in [1.54, 1.807) is 12.1 Å². The van der Waals surface area contributed by atoms with Gasteiger partial charge in [-0.3, -0.25) is 9.59 Å². The van der Waals surface area contributed by atoms with E-state index >= 15 is 0 Å². The highest BCUT2D eigenvalue weighted by Gasteiger charge is 2.10. The first-order chi connectivity index (χ1) is 11.6. The van der Waals surface area contributed by atoms with Crippen molar-refractivity contribution in [1.29, 1.82) is 0 Å². The van der Waals surface area contributed by atoms with E-state index < -0.39 is 0 Å². The zero-order valence-corrected chi connectivity index (χ0v) is 13.8. The van der Waals surface area contributed by atoms with Gasteiger partial charge < -0.3 is 10.3 Å². The Hall–Kier alpha value is -2.88. The monoisotopic (exact) mass is 320 g/mol. The van der Waals surface area contributed by atoms with Crippen molar-refractivity contribution in [2.24, 2.45) is 0 Å². The average molecular weight is 320 g/mol. The molecule has 122 valence electrons. The number of rotatable bonds is 4. The van der Waals surface area contributed by atoms with Gasteiger partial charge in [0.1, 0.15) is 0 Å². The molecule has 0 spiro atoms. The fraction of sp³-hybridized carbons (Fsp3) is 0.200. The third-order valence-corrected chi connectivity index (χ3v) is 4.10. The molecule has 1 amide bonds. The normalized spacial score (nSPS) is 10.8. The molecule has 0 unspecified atom stereocenters. The van der Waals surface area contributed by atoms with Crippen molar-refractivity contribution in [2.75, 3.05) is 5.32 Å². The number of hydrogen-bond donors (Lipinski definition) is 2. The van der Waals surface area contributed by atoms with Crippen LogP contribution in [0.1, 0.15) is 34.8 Å². The van der Waals surface area contributed by atoms with Gasteiger partial charge in [0.15, 0.2) is 0 Å². The maximum atomic E-state index is 12.4. The van der Waals surface area contributed by atoms with Crippen LogP contribution in [0.5, 0.6) is 0 Å². The Bertz CT molecular complexity index is 957. The Morgan fingerprint density at radius 3 is 2.67 bits per heavy atom. The Morgan fingerprint density at radius 1 is 1.12 bits per heavy atom. The van der Waals surface area contributed by atoms with Crippen molar-refractivity contribution in [3.05, 3.63) is 75.6 Å². The van der Waals surface area contributed by atoms with Crippen LogP contribution in [0.3, 0.4) is 0 Å². The van der Waals surface area contributed by atoms with Gasteiger partial charge in [0.05, 0.1) is 5.52 Å². The second-order valence-corrected chi connectivity index (χ2v) is 5.94. The van der Waals surface area contributed by atoms with Crippen LogP contribution in [0.15, 0.2) is 53.3 Å². The minimum atomic E-state index is -0.153. The number of anilines is 1. The Labute approximate surface area is 140 Å². The molecule has 3 rings (SSSR count). The van der Waals surface area contributed by atoms with E-state index in [0.717, 1.165) is 34.9 Å². The molecule has 0 saturated carbocycles. The van der Waals surface area contributed by atoms with Crippen LogP contribution in [0, 0.1) is 6.92 Å². The molecule has 0 fully saturated rings. The SMILES string of the molecule is CCCc1cc(=O)[nH]c2cc(NC(=O)c3ccccc3C)ccc12. The summed E-state index contributed by atoms with van der Waals surface area (Å²) in [6.07, 6.45) is 1.83. The molecule has 2 N–H and O–H groups in total. The highest BCUT2D eigenvalue weighted by molar-refractivity contribution is 6.06. The first-order valence-electron chi connectivity index (χ1n) is 8.11. The van der Waals surface area contributed by atoms with Crippen molar-refractivity contribution in [3.8, 4) is 0 Å². The van der Waals surface area contributed by atoms with Crippen molar-refractivity contribution in [3.63, 3.8) is 0 Å². The molecule has 0 aliphatic carbocycles. The number of aryl methyl sites for hydroxylation is 2. The Morgan fingerprint density at radius 2 is 1.92 bits per heavy atom. The quantitative estimate of drug-likeness (QED) is 0.762. The maximum Gasteiger partial charge on any atom is 0.255 e. The summed E-state index contributed by atoms with van der Waals surface area (Å²) in [6, 6.07) is 14.7. The lowest BCUT2D eigenvalue weighted by atomic mass is 10.0. The van der Waals surface area contributed by atoms with Gasteiger partial charge in [-0.15, -0.1) is 0 Å². The van der Waals surface area contributed by atoms with Gasteiger partial charge in [-0.05, 0) is 42.7 Å². The van der Waals surface area contributed by atoms with Gasteiger partial charge in [-0.25, -0.2) is 0 Å². The molecule has 0 bridgehead atoms. The lowest BCUT2D eigenvalue weighted by Crippen LogP contribution is -2.13. The number of pyridine rings is 1. The average Bonchev–Trinajstić information content (AvgIpc) is 2.55. The number of carbonyl (C=O) groups is 1. The summed E-state index contributed by atoms with van der Waals surface area (Å²) >= 11 is 0. The highest BCUT2D eigenvalue weighted by atomic mass is 16.1. The first kappa shape index (κ1) is 16.0. The summed E-state index contributed by atoms with van der Waals surface area (Å²) in [5.74, 6) is -0.153. The van der Waals surface area contributed by atoms with Crippen LogP contribution in [0.4, 0.5) is 5.69 Å². The van der Waals surface area contributed by atoms with Crippen LogP contribution in [0.2, 0.25) is 0 Å². The minimum Gasteiger partial charge on any atom is -0.322 e. The number of aromatic amines is 1. The molecule has 0 radical (unpaired) electrons. The zero-order valence-electron chi connectivity index (χ0n) is 13.8. The first-order valence-corrected chi connectivity index (χ1v) is 8.11. The Kier molecular flexibility index (Phi) is 4.47. The van der Waals surface area contributed by atoms with E-state index in [9.17, 15) is 9.59 Å². The summed E-state index contributed by atoms with van der Waals surface area (Å²) < 4.78 is 0. The van der Waals surface area contributed by atoms with Crippen LogP contribution >= 0.6 is 0 Å². The van der Waals surface area contributed by atoms with Crippen LogP contribution < -0.4 is 10.9 Å². The number of nitrogens with one attached hydrogen (secondary N) is 2. The topological polar surface area (TPSA) is 62.0 Å². The van der Waals surface area contributed by atoms with Gasteiger partial charge in [-0.1, -0.05) is 37.6 Å². The smallest absolute Gasteiger partial charge is 0.255 e. The minimum absolute atomic E-state index is 0.117. The summed E-state index contributed by atoms with van der Waals surface area (Å²) in [5, 5.41) is 3.92. The second-order valence-electron chi connectivity index (χ2n) is 5.94. The van der Waals surface area contributed by atoms with Gasteiger partial charge in [-0.2, -0.15) is 0 Å². The van der Waals surface area contributed by atoms with Crippen molar-refractivity contribution in [2.45, 2.75) is 26.7 Å². The van der Waals surface area contributed by atoms with Gasteiger partial charge in [0, 0.05) is 22.7 Å². The largest absolute Gasteiger partial charge is 0.322 e. The van der Waals surface area contributed by atoms with E-state index in [-0.39, 0.29) is 11.5 Å². The summed E-state index contributed by atoms with van der Waals surface area (Å²) in [5.41, 5.74) is 3.90. The van der Waals surface area contributed by atoms with E-state index in [2.05, 4.69) is 17.2 Å². The van der Waals surface area contributed by atoms with Crippen LogP contribution in [-0.4, -0.2) is 10.9 Å². The fourth-order valence-corrected chi connectivity index (χ4v) is 2.91. The second kappa shape index (κ2) is 6.71. The molecule has 0 saturated heterocycles. The van der Waals surface area contributed by atoms with E-state index in [1.807, 2.05) is 43.3 Å². The lowest BCUT2D eigenvalue weighted by molar-refractivity contribution is 0.102. The molecule has 0 aliphatic heterocycles. The van der Waals surface area contributed by atoms with Crippen LogP contribution in [-0.2, 0) is 6.42 Å². The predicted molar refractivity (Wildman–Crippen MR) is 97.7 cm³/mol. The molecule has 2 aromatic carbocycles. The van der Waals surface area contributed by atoms with Crippen LogP contribution in [0.25, 0.3) is 10.9 Å². The number of fused-ring (bicyclic) bond motifs is 1. The van der Waals surface area contributed by atoms with Crippen molar-refractivity contribution in [1.82, 2.24) is 4.98 Å². The number of benzene rings is 2. The number of amides is 1. The number of aromatic nitrogens is 1. The number of hydrogen-bond acceptors (Lipinski definition) is 2. The molecule has 0 atom stereocenters. The van der Waals surface area contributed by atoms with Crippen molar-refractivity contribution >= 4 is 22.5 Å². The van der Waals surface area contributed by atoms with Gasteiger partial charge >= 0.3 is 0 Å². The van der Waals surface area contributed by atoms with E-state index in [1.165, 1.54) is 0 Å². The molecule has 4 heteroatoms. The Balaban J connectivity index is 1.95. The molecule has 1 aromatic heterocycles. The highest BCUT2D eigenvalue weighted by Crippen LogP contribution is 2.21. The summed E-state index contributed by atoms with van der Waals surface area (Å²) in [7, 11) is 0. The zero-order chi connectivity index (χ0) is 17.1. The molecular formula is C20H20N2O2.